The van der Waals surface area contributed by atoms with Crippen LogP contribution in [0.4, 0.5) is 5.82 Å². The first-order chi connectivity index (χ1) is 12.0. The molecule has 1 amide bonds. The Morgan fingerprint density at radius 3 is 2.68 bits per heavy atom. The normalized spacial score (nSPS) is 10.2. The number of aromatic nitrogens is 4. The molecule has 0 aliphatic carbocycles. The summed E-state index contributed by atoms with van der Waals surface area (Å²) in [6.45, 7) is 3.73. The van der Waals surface area contributed by atoms with Gasteiger partial charge < -0.3 is 5.73 Å². The minimum absolute atomic E-state index is 0.185. The number of rotatable bonds is 1. The second-order valence-electron chi connectivity index (χ2n) is 5.30. The smallest absolute Gasteiger partial charge is 0.276 e. The molecule has 0 aliphatic heterocycles. The molecule has 4 N–H and O–H groups in total. The second kappa shape index (κ2) is 6.51. The van der Waals surface area contributed by atoms with E-state index in [0.29, 0.717) is 22.2 Å². The van der Waals surface area contributed by atoms with Crippen molar-refractivity contribution in [3.05, 3.63) is 52.7 Å². The fraction of sp³-hybridized carbons (Fsp3) is 0.118. The number of carbonyl (C=O) groups is 1. The van der Waals surface area contributed by atoms with Crippen LogP contribution in [-0.4, -0.2) is 31.1 Å². The lowest BCUT2D eigenvalue weighted by Crippen LogP contribution is -2.18. The molecule has 8 heteroatoms. The van der Waals surface area contributed by atoms with Crippen LogP contribution >= 0.6 is 0 Å². The average molecular weight is 334 g/mol. The van der Waals surface area contributed by atoms with Crippen LogP contribution in [-0.2, 0) is 0 Å². The lowest BCUT2D eigenvalue weighted by atomic mass is 10.1. The quantitative estimate of drug-likeness (QED) is 0.346. The summed E-state index contributed by atoms with van der Waals surface area (Å²) >= 11 is 0. The van der Waals surface area contributed by atoms with Gasteiger partial charge in [0.25, 0.3) is 5.91 Å². The number of carbonyl (C=O) groups excluding carboxylic acids is 1. The molecule has 0 aromatic carbocycles. The van der Waals surface area contributed by atoms with Crippen LogP contribution in [0.25, 0.3) is 11.0 Å². The van der Waals surface area contributed by atoms with E-state index in [-0.39, 0.29) is 11.4 Å². The van der Waals surface area contributed by atoms with Gasteiger partial charge in [0.05, 0.1) is 28.7 Å². The molecule has 3 rings (SSSR count). The molecule has 0 atom stereocenters. The zero-order valence-corrected chi connectivity index (χ0v) is 13.5. The van der Waals surface area contributed by atoms with Gasteiger partial charge in [0.15, 0.2) is 0 Å². The first kappa shape index (κ1) is 16.3. The van der Waals surface area contributed by atoms with E-state index in [0.717, 1.165) is 11.4 Å². The maximum Gasteiger partial charge on any atom is 0.276 e. The third-order valence-electron chi connectivity index (χ3n) is 3.59. The molecule has 0 spiro atoms. The number of amides is 1. The fourth-order valence-corrected chi connectivity index (χ4v) is 2.17. The average Bonchev–Trinajstić information content (AvgIpc) is 2.62. The summed E-state index contributed by atoms with van der Waals surface area (Å²) in [7, 11) is 0. The van der Waals surface area contributed by atoms with Gasteiger partial charge in [-0.1, -0.05) is 11.8 Å². The lowest BCUT2D eigenvalue weighted by Gasteiger charge is -2.05. The highest BCUT2D eigenvalue weighted by molar-refractivity contribution is 5.93. The number of anilines is 1. The van der Waals surface area contributed by atoms with Crippen LogP contribution in [0.2, 0.25) is 0 Å². The summed E-state index contributed by atoms with van der Waals surface area (Å²) in [5, 5.41) is 8.69. The number of hydrogen-bond acceptors (Lipinski definition) is 7. The van der Waals surface area contributed by atoms with Gasteiger partial charge in [-0.15, -0.1) is 0 Å². The molecule has 3 aromatic rings. The number of nitrogens with zero attached hydrogens (tertiary/aromatic N) is 4. The molecule has 25 heavy (non-hydrogen) atoms. The van der Waals surface area contributed by atoms with E-state index in [1.165, 1.54) is 18.5 Å². The Kier molecular flexibility index (Phi) is 4.24. The van der Waals surface area contributed by atoms with Crippen molar-refractivity contribution < 1.29 is 10.0 Å². The molecule has 0 aliphatic rings. The Balaban J connectivity index is 2.11. The van der Waals surface area contributed by atoms with E-state index in [1.807, 2.05) is 13.8 Å². The molecule has 0 bridgehead atoms. The number of nitrogens with one attached hydrogen (secondary N) is 1. The van der Waals surface area contributed by atoms with Crippen molar-refractivity contribution in [2.45, 2.75) is 13.8 Å². The van der Waals surface area contributed by atoms with Crippen LogP contribution in [0, 0.1) is 25.7 Å². The van der Waals surface area contributed by atoms with Crippen molar-refractivity contribution in [1.82, 2.24) is 25.4 Å². The Morgan fingerprint density at radius 1 is 1.16 bits per heavy atom. The second-order valence-corrected chi connectivity index (χ2v) is 5.30. The first-order valence-corrected chi connectivity index (χ1v) is 7.30. The van der Waals surface area contributed by atoms with Crippen molar-refractivity contribution in [3.8, 4) is 11.8 Å². The number of aryl methyl sites for hydroxylation is 2. The highest BCUT2D eigenvalue weighted by atomic mass is 16.5. The van der Waals surface area contributed by atoms with E-state index >= 15 is 0 Å². The van der Waals surface area contributed by atoms with Gasteiger partial charge in [-0.05, 0) is 19.9 Å². The summed E-state index contributed by atoms with van der Waals surface area (Å²) in [6, 6.07) is 1.50. The molecule has 0 saturated carbocycles. The first-order valence-electron chi connectivity index (χ1n) is 7.30. The molecule has 3 aromatic heterocycles. The largest absolute Gasteiger partial charge is 0.383 e. The van der Waals surface area contributed by atoms with Crippen LogP contribution < -0.4 is 11.2 Å². The van der Waals surface area contributed by atoms with Gasteiger partial charge in [-0.3, -0.25) is 15.0 Å². The number of fused-ring (bicyclic) bond motifs is 1. The zero-order chi connectivity index (χ0) is 18.0. The zero-order valence-electron chi connectivity index (χ0n) is 13.5. The van der Waals surface area contributed by atoms with Crippen LogP contribution in [0.3, 0.4) is 0 Å². The van der Waals surface area contributed by atoms with Crippen LogP contribution in [0.15, 0.2) is 24.7 Å². The number of nitrogens with two attached hydrogens (primary N) is 1. The highest BCUT2D eigenvalue weighted by Gasteiger charge is 2.10. The van der Waals surface area contributed by atoms with Gasteiger partial charge in [-0.2, -0.15) is 0 Å². The monoisotopic (exact) mass is 334 g/mol. The molecule has 8 nitrogen and oxygen atoms in total. The number of nitrogen functional groups attached to an aromatic ring is 1. The van der Waals surface area contributed by atoms with E-state index in [1.54, 1.807) is 11.7 Å². The number of hydrogen-bond donors (Lipinski definition) is 3. The molecule has 124 valence electrons. The third-order valence-corrected chi connectivity index (χ3v) is 3.59. The van der Waals surface area contributed by atoms with Gasteiger partial charge in [-0.25, -0.2) is 20.4 Å². The van der Waals surface area contributed by atoms with Crippen LogP contribution in [0.1, 0.15) is 32.9 Å². The minimum Gasteiger partial charge on any atom is -0.383 e. The number of hydroxylamine groups is 1. The Hall–Kier alpha value is -3.57. The van der Waals surface area contributed by atoms with Gasteiger partial charge in [0.1, 0.15) is 16.9 Å². The Bertz CT molecular complexity index is 1050. The molecule has 0 fully saturated rings. The lowest BCUT2D eigenvalue weighted by molar-refractivity contribution is 0.0706. The fourth-order valence-electron chi connectivity index (χ4n) is 2.17. The summed E-state index contributed by atoms with van der Waals surface area (Å²) in [6.07, 6.45) is 4.38. The van der Waals surface area contributed by atoms with E-state index in [9.17, 15) is 4.79 Å². The molecule has 0 radical (unpaired) electrons. The summed E-state index contributed by atoms with van der Waals surface area (Å²) in [4.78, 5) is 28.4. The van der Waals surface area contributed by atoms with Crippen molar-refractivity contribution in [2.75, 3.05) is 5.73 Å². The van der Waals surface area contributed by atoms with Gasteiger partial charge >= 0.3 is 0 Å². The summed E-state index contributed by atoms with van der Waals surface area (Å²) in [5.41, 5.74) is 11.4. The molecule has 0 unspecified atom stereocenters. The van der Waals surface area contributed by atoms with Gasteiger partial charge in [0, 0.05) is 18.0 Å². The summed E-state index contributed by atoms with van der Waals surface area (Å²) < 4.78 is 0. The highest BCUT2D eigenvalue weighted by Crippen LogP contribution is 2.19. The maximum atomic E-state index is 11.4. The van der Waals surface area contributed by atoms with Gasteiger partial charge in [0.2, 0.25) is 0 Å². The van der Waals surface area contributed by atoms with E-state index in [4.69, 9.17) is 10.9 Å². The molecular formula is C17H14N6O2. The molecular weight excluding hydrogens is 320 g/mol. The molecule has 3 heterocycles. The molecule has 0 saturated heterocycles. The van der Waals surface area contributed by atoms with Crippen molar-refractivity contribution in [3.63, 3.8) is 0 Å². The third kappa shape index (κ3) is 3.22. The van der Waals surface area contributed by atoms with Crippen molar-refractivity contribution in [1.29, 1.82) is 0 Å². The standard InChI is InChI=1S/C17H14N6O2/c1-9-10(2)22-15-13(16(18)20-8-14(15)21-9)4-3-11-5-12(7-19-6-11)17(24)23-25/h5-8,25H,1-2H3,(H2,18,20)(H,23,24). The predicted octanol–water partition coefficient (Wildman–Crippen LogP) is 1.14. The van der Waals surface area contributed by atoms with Crippen molar-refractivity contribution in [2.24, 2.45) is 0 Å². The van der Waals surface area contributed by atoms with Crippen molar-refractivity contribution >= 4 is 22.8 Å². The summed E-state index contributed by atoms with van der Waals surface area (Å²) in [5.74, 6) is 5.39. The Labute approximate surface area is 143 Å². The van der Waals surface area contributed by atoms with Crippen LogP contribution in [0.5, 0.6) is 0 Å². The topological polar surface area (TPSA) is 127 Å². The maximum absolute atomic E-state index is 11.4. The van der Waals surface area contributed by atoms with E-state index in [2.05, 4.69) is 31.8 Å². The number of pyridine rings is 2. The minimum atomic E-state index is -0.667. The predicted molar refractivity (Wildman–Crippen MR) is 90.7 cm³/mol. The van der Waals surface area contributed by atoms with E-state index < -0.39 is 5.91 Å². The Morgan fingerprint density at radius 2 is 1.92 bits per heavy atom. The SMILES string of the molecule is Cc1nc2cnc(N)c(C#Cc3cncc(C(=O)NO)c3)c2nc1C.